The zero-order valence-electron chi connectivity index (χ0n) is 21.6. The first kappa shape index (κ1) is 26.2. The van der Waals surface area contributed by atoms with Crippen LogP contribution < -0.4 is 10.6 Å². The number of Topliss-reactive ketones (excluding diaryl/α,β-unsaturated/α-hetero) is 1. The topological polar surface area (TPSA) is 128 Å². The van der Waals surface area contributed by atoms with Crippen LogP contribution in [0.4, 0.5) is 0 Å². The van der Waals surface area contributed by atoms with Crippen LogP contribution in [0, 0.1) is 34.5 Å². The highest BCUT2D eigenvalue weighted by molar-refractivity contribution is 5.95. The quantitative estimate of drug-likeness (QED) is 0.596. The molecule has 0 aromatic carbocycles. The Kier molecular flexibility index (Phi) is 8.04. The maximum atomic E-state index is 13.9. The van der Waals surface area contributed by atoms with Crippen LogP contribution in [0.1, 0.15) is 76.2 Å². The second-order valence-electron chi connectivity index (χ2n) is 11.6. The van der Waals surface area contributed by atoms with E-state index in [0.29, 0.717) is 12.5 Å². The Morgan fingerprint density at radius 1 is 1.14 bits per heavy atom. The molecule has 36 heavy (non-hydrogen) atoms. The van der Waals surface area contributed by atoms with Crippen molar-refractivity contribution < 1.29 is 14.4 Å². The van der Waals surface area contributed by atoms with E-state index in [1.165, 1.54) is 18.6 Å². The van der Waals surface area contributed by atoms with Gasteiger partial charge in [-0.15, -0.1) is 0 Å². The molecule has 3 aliphatic rings. The third-order valence-corrected chi connectivity index (χ3v) is 8.20. The van der Waals surface area contributed by atoms with Crippen molar-refractivity contribution in [3.8, 4) is 6.07 Å². The summed E-state index contributed by atoms with van der Waals surface area (Å²) in [7, 11) is 0. The van der Waals surface area contributed by atoms with Crippen LogP contribution >= 0.6 is 0 Å². The summed E-state index contributed by atoms with van der Waals surface area (Å²) in [5.74, 6) is -0.0983. The van der Waals surface area contributed by atoms with Crippen LogP contribution in [0.15, 0.2) is 18.6 Å². The zero-order valence-corrected chi connectivity index (χ0v) is 21.6. The second kappa shape index (κ2) is 11.0. The summed E-state index contributed by atoms with van der Waals surface area (Å²) in [6.07, 6.45) is 10.9. The predicted molar refractivity (Wildman–Crippen MR) is 133 cm³/mol. The smallest absolute Gasteiger partial charge is 0.271 e. The average molecular weight is 495 g/mol. The van der Waals surface area contributed by atoms with E-state index >= 15 is 0 Å². The maximum Gasteiger partial charge on any atom is 0.271 e. The summed E-state index contributed by atoms with van der Waals surface area (Å²) >= 11 is 0. The van der Waals surface area contributed by atoms with Gasteiger partial charge in [-0.05, 0) is 42.9 Å². The van der Waals surface area contributed by atoms with Gasteiger partial charge in [0.15, 0.2) is 5.78 Å². The van der Waals surface area contributed by atoms with Crippen molar-refractivity contribution in [3.63, 3.8) is 0 Å². The van der Waals surface area contributed by atoms with E-state index in [1.54, 1.807) is 4.90 Å². The molecule has 0 bridgehead atoms. The third-order valence-electron chi connectivity index (χ3n) is 8.20. The molecule has 1 aliphatic heterocycles. The Balaban J connectivity index is 1.44. The molecule has 1 aromatic heterocycles. The van der Waals surface area contributed by atoms with E-state index in [4.69, 9.17) is 0 Å². The van der Waals surface area contributed by atoms with Gasteiger partial charge in [-0.1, -0.05) is 40.0 Å². The van der Waals surface area contributed by atoms with E-state index in [-0.39, 0.29) is 53.3 Å². The van der Waals surface area contributed by atoms with E-state index in [1.807, 2.05) is 20.8 Å². The Morgan fingerprint density at radius 3 is 2.61 bits per heavy atom. The first-order valence-electron chi connectivity index (χ1n) is 13.2. The summed E-state index contributed by atoms with van der Waals surface area (Å²) < 4.78 is 0. The molecule has 2 heterocycles. The minimum atomic E-state index is -0.500. The first-order chi connectivity index (χ1) is 17.2. The van der Waals surface area contributed by atoms with Crippen LogP contribution in [-0.4, -0.2) is 63.7 Å². The molecule has 3 fully saturated rings. The van der Waals surface area contributed by atoms with E-state index in [0.717, 1.165) is 44.9 Å². The van der Waals surface area contributed by atoms with E-state index in [9.17, 15) is 19.6 Å². The van der Waals surface area contributed by atoms with Crippen molar-refractivity contribution in [2.75, 3.05) is 13.1 Å². The lowest BCUT2D eigenvalue weighted by atomic mass is 9.78. The molecule has 1 aromatic rings. The number of ketones is 1. The summed E-state index contributed by atoms with van der Waals surface area (Å²) in [5.41, 5.74) is -0.218. The predicted octanol–water partition coefficient (Wildman–Crippen LogP) is 2.49. The number of likely N-dealkylation sites (tertiary alicyclic amines) is 1. The van der Waals surface area contributed by atoms with E-state index < -0.39 is 11.9 Å². The number of rotatable bonds is 7. The van der Waals surface area contributed by atoms with Gasteiger partial charge < -0.3 is 15.5 Å². The van der Waals surface area contributed by atoms with Crippen molar-refractivity contribution in [1.82, 2.24) is 25.5 Å². The number of nitriles is 1. The van der Waals surface area contributed by atoms with E-state index in [2.05, 4.69) is 26.7 Å². The van der Waals surface area contributed by atoms with Crippen LogP contribution in [0.5, 0.6) is 0 Å². The van der Waals surface area contributed by atoms with Crippen LogP contribution in [0.25, 0.3) is 0 Å². The molecule has 2 amide bonds. The summed E-state index contributed by atoms with van der Waals surface area (Å²) in [6.45, 7) is 6.65. The van der Waals surface area contributed by atoms with Crippen LogP contribution in [-0.2, 0) is 9.59 Å². The van der Waals surface area contributed by atoms with Gasteiger partial charge in [0.1, 0.15) is 11.7 Å². The molecule has 194 valence electrons. The third kappa shape index (κ3) is 5.59. The molecular formula is C27H38N6O3. The molecule has 9 nitrogen and oxygen atoms in total. The molecular weight excluding hydrogens is 456 g/mol. The maximum absolute atomic E-state index is 13.9. The molecule has 0 radical (unpaired) electrons. The van der Waals surface area contributed by atoms with Crippen molar-refractivity contribution in [2.24, 2.45) is 23.2 Å². The molecule has 9 heteroatoms. The van der Waals surface area contributed by atoms with Crippen molar-refractivity contribution >= 4 is 17.6 Å². The average Bonchev–Trinajstić information content (AvgIpc) is 3.46. The second-order valence-corrected chi connectivity index (χ2v) is 11.6. The Hall–Kier alpha value is -2.86. The van der Waals surface area contributed by atoms with Gasteiger partial charge in [-0.25, -0.2) is 4.98 Å². The van der Waals surface area contributed by atoms with Crippen LogP contribution in [0.2, 0.25) is 0 Å². The molecule has 4 rings (SSSR count). The Labute approximate surface area is 213 Å². The van der Waals surface area contributed by atoms with Crippen molar-refractivity contribution in [1.29, 1.82) is 5.26 Å². The monoisotopic (exact) mass is 494 g/mol. The van der Waals surface area contributed by atoms with Crippen LogP contribution in [0.3, 0.4) is 0 Å². The fraction of sp³-hybridized carbons (Fsp3) is 0.704. The van der Waals surface area contributed by atoms with Gasteiger partial charge in [0, 0.05) is 30.9 Å². The number of carbonyl (C=O) groups is 3. The lowest BCUT2D eigenvalue weighted by Crippen LogP contribution is -2.59. The lowest BCUT2D eigenvalue weighted by Gasteiger charge is -2.40. The molecule has 2 N–H and O–H groups in total. The van der Waals surface area contributed by atoms with Gasteiger partial charge in [0.05, 0.1) is 24.9 Å². The molecule has 5 unspecified atom stereocenters. The fourth-order valence-electron chi connectivity index (χ4n) is 6.29. The molecule has 1 saturated heterocycles. The number of aromatic nitrogens is 2. The standard InChI is InChI=1S/C27H38N6O3/c1-27(2,3)24(26(36)33-16-17-7-6-9-18(17)22(33)13-28)32-20-10-5-4-8-19(20)23(34)15-31-25(35)21-14-29-11-12-30-21/h11-12,14,17-20,22,24,32H,4-10,15-16H2,1-3H3,(H,31,35)/t17?,18?,19?,20?,22?,24-/m1/s1. The van der Waals surface area contributed by atoms with Crippen molar-refractivity contribution in [2.45, 2.75) is 83.8 Å². The molecule has 6 atom stereocenters. The molecule has 2 saturated carbocycles. The number of fused-ring (bicyclic) bond motifs is 1. The highest BCUT2D eigenvalue weighted by Crippen LogP contribution is 2.43. The normalized spacial score (nSPS) is 28.7. The number of carbonyl (C=O) groups excluding carboxylic acids is 3. The minimum Gasteiger partial charge on any atom is -0.344 e. The number of hydrogen-bond donors (Lipinski definition) is 2. The van der Waals surface area contributed by atoms with Gasteiger partial charge in [-0.3, -0.25) is 19.4 Å². The minimum absolute atomic E-state index is 0.0313. The number of nitrogens with zero attached hydrogens (tertiary/aromatic N) is 4. The highest BCUT2D eigenvalue weighted by Gasteiger charge is 2.49. The van der Waals surface area contributed by atoms with Crippen molar-refractivity contribution in [3.05, 3.63) is 24.3 Å². The van der Waals surface area contributed by atoms with Gasteiger partial charge in [0.25, 0.3) is 5.91 Å². The number of nitrogens with one attached hydrogen (secondary N) is 2. The largest absolute Gasteiger partial charge is 0.344 e. The fourth-order valence-corrected chi connectivity index (χ4v) is 6.29. The number of hydrogen-bond acceptors (Lipinski definition) is 7. The summed E-state index contributed by atoms with van der Waals surface area (Å²) in [4.78, 5) is 49.1. The summed E-state index contributed by atoms with van der Waals surface area (Å²) in [6, 6.07) is 1.40. The lowest BCUT2D eigenvalue weighted by molar-refractivity contribution is -0.138. The number of amides is 2. The van der Waals surface area contributed by atoms with Gasteiger partial charge >= 0.3 is 0 Å². The Morgan fingerprint density at radius 2 is 1.92 bits per heavy atom. The first-order valence-corrected chi connectivity index (χ1v) is 13.2. The molecule has 2 aliphatic carbocycles. The molecule has 0 spiro atoms. The summed E-state index contributed by atoms with van der Waals surface area (Å²) in [5, 5.41) is 16.1. The SMILES string of the molecule is CC(C)(C)[C@H](NC1CCCCC1C(=O)CNC(=O)c1cnccn1)C(=O)N1CC2CCCC2C1C#N. The zero-order chi connectivity index (χ0) is 25.9. The Bertz CT molecular complexity index is 1000. The highest BCUT2D eigenvalue weighted by atomic mass is 16.2. The van der Waals surface area contributed by atoms with Gasteiger partial charge in [-0.2, -0.15) is 5.26 Å². The van der Waals surface area contributed by atoms with Gasteiger partial charge in [0.2, 0.25) is 5.91 Å².